The van der Waals surface area contributed by atoms with Gasteiger partial charge in [-0.05, 0) is 36.0 Å². The number of nitrogens with one attached hydrogen (secondary N) is 1. The zero-order valence-corrected chi connectivity index (χ0v) is 7.12. The molecule has 0 atom stereocenters. The van der Waals surface area contributed by atoms with Crippen LogP contribution in [0, 0.1) is 0 Å². The summed E-state index contributed by atoms with van der Waals surface area (Å²) in [4.78, 5) is 0.0894. The summed E-state index contributed by atoms with van der Waals surface area (Å²) in [6.45, 7) is 0. The van der Waals surface area contributed by atoms with E-state index in [9.17, 15) is 13.2 Å². The molecular weight excluding hydrogens is 203 g/mol. The normalized spacial score (nSPS) is 11.4. The molecule has 1 aromatic rings. The van der Waals surface area contributed by atoms with E-state index in [4.69, 9.17) is 5.21 Å². The summed E-state index contributed by atoms with van der Waals surface area (Å²) in [7, 11) is 0. The molecule has 0 saturated carbocycles. The van der Waals surface area contributed by atoms with E-state index in [1.165, 1.54) is 24.3 Å². The lowest BCUT2D eigenvalue weighted by molar-refractivity contribution is -0.0328. The largest absolute Gasteiger partial charge is 0.446 e. The summed E-state index contributed by atoms with van der Waals surface area (Å²) in [6, 6.07) is 5.26. The molecule has 0 saturated heterocycles. The molecule has 1 rings (SSSR count). The summed E-state index contributed by atoms with van der Waals surface area (Å²) in [5, 5.41) is 8.38. The van der Waals surface area contributed by atoms with Crippen molar-refractivity contribution in [3.05, 3.63) is 24.3 Å². The van der Waals surface area contributed by atoms with Crippen molar-refractivity contribution in [1.29, 1.82) is 0 Å². The zero-order chi connectivity index (χ0) is 9.90. The molecule has 72 valence electrons. The molecule has 6 heteroatoms. The van der Waals surface area contributed by atoms with Crippen molar-refractivity contribution in [2.45, 2.75) is 10.4 Å². The number of benzene rings is 1. The summed E-state index contributed by atoms with van der Waals surface area (Å²) >= 11 is -0.189. The monoisotopic (exact) mass is 209 g/mol. The second-order valence-electron chi connectivity index (χ2n) is 2.18. The average molecular weight is 209 g/mol. The van der Waals surface area contributed by atoms with Gasteiger partial charge in [0.1, 0.15) is 0 Å². The van der Waals surface area contributed by atoms with Crippen molar-refractivity contribution in [2.24, 2.45) is 0 Å². The van der Waals surface area contributed by atoms with Crippen LogP contribution in [0.4, 0.5) is 18.9 Å². The van der Waals surface area contributed by atoms with E-state index < -0.39 is 5.51 Å². The highest BCUT2D eigenvalue weighted by Gasteiger charge is 2.28. The lowest BCUT2D eigenvalue weighted by Gasteiger charge is -2.05. The van der Waals surface area contributed by atoms with Gasteiger partial charge in [0.2, 0.25) is 0 Å². The summed E-state index contributed by atoms with van der Waals surface area (Å²) < 4.78 is 35.5. The maximum absolute atomic E-state index is 11.8. The molecule has 0 aliphatic carbocycles. The minimum atomic E-state index is -4.27. The van der Waals surface area contributed by atoms with Gasteiger partial charge in [-0.25, -0.2) is 0 Å². The van der Waals surface area contributed by atoms with Gasteiger partial charge < -0.3 is 0 Å². The van der Waals surface area contributed by atoms with Crippen molar-refractivity contribution in [3.8, 4) is 0 Å². The average Bonchev–Trinajstić information content (AvgIpc) is 2.03. The van der Waals surface area contributed by atoms with Gasteiger partial charge in [0.25, 0.3) is 0 Å². The van der Waals surface area contributed by atoms with Crippen LogP contribution in [0.1, 0.15) is 0 Å². The maximum Gasteiger partial charge on any atom is 0.446 e. The molecule has 0 spiro atoms. The number of hydrogen-bond donors (Lipinski definition) is 2. The van der Waals surface area contributed by atoms with Gasteiger partial charge in [0.15, 0.2) is 0 Å². The first kappa shape index (κ1) is 10.2. The van der Waals surface area contributed by atoms with Gasteiger partial charge in [-0.2, -0.15) is 13.2 Å². The first-order chi connectivity index (χ1) is 6.01. The van der Waals surface area contributed by atoms with E-state index in [0.29, 0.717) is 5.69 Å². The molecule has 0 aromatic heterocycles. The third kappa shape index (κ3) is 3.56. The molecule has 0 aliphatic heterocycles. The first-order valence-corrected chi connectivity index (χ1v) is 4.09. The van der Waals surface area contributed by atoms with Crippen LogP contribution in [0.5, 0.6) is 0 Å². The second-order valence-corrected chi connectivity index (χ2v) is 3.32. The minimum Gasteiger partial charge on any atom is -0.291 e. The van der Waals surface area contributed by atoms with E-state index in [1.807, 2.05) is 5.48 Å². The van der Waals surface area contributed by atoms with Crippen LogP contribution in [0.3, 0.4) is 0 Å². The maximum atomic E-state index is 11.8. The van der Waals surface area contributed by atoms with Gasteiger partial charge in [-0.3, -0.25) is 10.7 Å². The topological polar surface area (TPSA) is 32.3 Å². The van der Waals surface area contributed by atoms with Crippen molar-refractivity contribution in [3.63, 3.8) is 0 Å². The summed E-state index contributed by atoms with van der Waals surface area (Å²) in [5.74, 6) is 0. The Morgan fingerprint density at radius 1 is 1.15 bits per heavy atom. The van der Waals surface area contributed by atoms with Crippen LogP contribution in [0.15, 0.2) is 29.2 Å². The molecule has 13 heavy (non-hydrogen) atoms. The highest BCUT2D eigenvalue weighted by molar-refractivity contribution is 8.00. The van der Waals surface area contributed by atoms with Crippen molar-refractivity contribution in [1.82, 2.24) is 0 Å². The Morgan fingerprint density at radius 3 is 2.08 bits per heavy atom. The SMILES string of the molecule is ONc1ccc(SC(F)(F)F)cc1. The number of rotatable bonds is 2. The van der Waals surface area contributed by atoms with Crippen LogP contribution in [-0.4, -0.2) is 10.7 Å². The third-order valence-corrected chi connectivity index (χ3v) is 1.96. The van der Waals surface area contributed by atoms with Crippen molar-refractivity contribution >= 4 is 17.4 Å². The van der Waals surface area contributed by atoms with Gasteiger partial charge in [0.05, 0.1) is 5.69 Å². The standard InChI is InChI=1S/C7H6F3NOS/c8-7(9,10)13-6-3-1-5(11-12)2-4-6/h1-4,11-12H. The number of hydrogen-bond acceptors (Lipinski definition) is 3. The smallest absolute Gasteiger partial charge is 0.291 e. The molecule has 0 amide bonds. The molecule has 2 N–H and O–H groups in total. The van der Waals surface area contributed by atoms with Crippen LogP contribution in [0.25, 0.3) is 0 Å². The van der Waals surface area contributed by atoms with Crippen molar-refractivity contribution < 1.29 is 18.4 Å². The molecule has 0 bridgehead atoms. The predicted molar refractivity (Wildman–Crippen MR) is 43.8 cm³/mol. The predicted octanol–water partition coefficient (Wildman–Crippen LogP) is 3.10. The third-order valence-electron chi connectivity index (χ3n) is 1.22. The molecule has 0 heterocycles. The Balaban J connectivity index is 2.70. The molecule has 1 aromatic carbocycles. The van der Waals surface area contributed by atoms with Gasteiger partial charge in [0, 0.05) is 4.90 Å². The highest BCUT2D eigenvalue weighted by Crippen LogP contribution is 2.36. The first-order valence-electron chi connectivity index (χ1n) is 3.27. The fourth-order valence-electron chi connectivity index (χ4n) is 0.731. The van der Waals surface area contributed by atoms with E-state index >= 15 is 0 Å². The minimum absolute atomic E-state index is 0.0894. The number of anilines is 1. The van der Waals surface area contributed by atoms with E-state index in [0.717, 1.165) is 0 Å². The zero-order valence-electron chi connectivity index (χ0n) is 6.30. The Bertz CT molecular complexity index is 272. The Kier molecular flexibility index (Phi) is 3.05. The van der Waals surface area contributed by atoms with Crippen LogP contribution < -0.4 is 5.48 Å². The number of thioether (sulfide) groups is 1. The number of alkyl halides is 3. The van der Waals surface area contributed by atoms with E-state index in [-0.39, 0.29) is 16.7 Å². The fraction of sp³-hybridized carbons (Fsp3) is 0.143. The van der Waals surface area contributed by atoms with E-state index in [1.54, 1.807) is 0 Å². The molecule has 2 nitrogen and oxygen atoms in total. The van der Waals surface area contributed by atoms with Crippen LogP contribution >= 0.6 is 11.8 Å². The lowest BCUT2D eigenvalue weighted by atomic mass is 10.3. The van der Waals surface area contributed by atoms with Gasteiger partial charge in [-0.1, -0.05) is 0 Å². The molecule has 0 fully saturated rings. The van der Waals surface area contributed by atoms with Crippen molar-refractivity contribution in [2.75, 3.05) is 5.48 Å². The number of halogens is 3. The Morgan fingerprint density at radius 2 is 1.69 bits per heavy atom. The van der Waals surface area contributed by atoms with Gasteiger partial charge >= 0.3 is 5.51 Å². The summed E-state index contributed by atoms with van der Waals surface area (Å²) in [6.07, 6.45) is 0. The fourth-order valence-corrected chi connectivity index (χ4v) is 1.27. The Labute approximate surface area is 76.7 Å². The lowest BCUT2D eigenvalue weighted by Crippen LogP contribution is -1.98. The quantitative estimate of drug-likeness (QED) is 0.579. The van der Waals surface area contributed by atoms with Gasteiger partial charge in [-0.15, -0.1) is 0 Å². The van der Waals surface area contributed by atoms with E-state index in [2.05, 4.69) is 0 Å². The molecule has 0 radical (unpaired) electrons. The van der Waals surface area contributed by atoms with Crippen LogP contribution in [0.2, 0.25) is 0 Å². The highest BCUT2D eigenvalue weighted by atomic mass is 32.2. The molecule has 0 unspecified atom stereocenters. The summed E-state index contributed by atoms with van der Waals surface area (Å²) in [5.41, 5.74) is -2.09. The van der Waals surface area contributed by atoms with Crippen LogP contribution in [-0.2, 0) is 0 Å². The second kappa shape index (κ2) is 3.89. The Hall–Kier alpha value is -0.880. The molecular formula is C7H6F3NOS. The molecule has 0 aliphatic rings.